The third kappa shape index (κ3) is 5.35. The molecule has 86 valence electrons. The van der Waals surface area contributed by atoms with Crippen molar-refractivity contribution in [3.8, 4) is 0 Å². The van der Waals surface area contributed by atoms with Gasteiger partial charge in [-0.15, -0.1) is 0 Å². The van der Waals surface area contributed by atoms with Crippen molar-refractivity contribution in [2.24, 2.45) is 0 Å². The van der Waals surface area contributed by atoms with Crippen LogP contribution in [0.5, 0.6) is 0 Å². The van der Waals surface area contributed by atoms with E-state index in [1.165, 1.54) is 11.6 Å². The molecule has 0 radical (unpaired) electrons. The summed E-state index contributed by atoms with van der Waals surface area (Å²) in [6.07, 6.45) is 4.06. The topological polar surface area (TPSA) is 26.3 Å². The first-order valence-corrected chi connectivity index (χ1v) is 5.41. The van der Waals surface area contributed by atoms with Gasteiger partial charge in [0.1, 0.15) is 5.60 Å². The van der Waals surface area contributed by atoms with Crippen LogP contribution >= 0.6 is 0 Å². The molecule has 0 N–H and O–H groups in total. The van der Waals surface area contributed by atoms with Crippen molar-refractivity contribution in [3.05, 3.63) is 48.0 Å². The second kappa shape index (κ2) is 5.50. The van der Waals surface area contributed by atoms with Crippen molar-refractivity contribution in [3.63, 3.8) is 0 Å². The summed E-state index contributed by atoms with van der Waals surface area (Å²) >= 11 is 0. The van der Waals surface area contributed by atoms with E-state index in [9.17, 15) is 4.79 Å². The second-order valence-corrected chi connectivity index (χ2v) is 4.63. The summed E-state index contributed by atoms with van der Waals surface area (Å²) in [5.74, 6) is -0.288. The minimum Gasteiger partial charge on any atom is -0.457 e. The Balaban J connectivity index is 2.41. The number of esters is 1. The van der Waals surface area contributed by atoms with E-state index in [1.807, 2.05) is 57.2 Å². The highest BCUT2D eigenvalue weighted by Crippen LogP contribution is 2.07. The molecule has 0 aliphatic rings. The average molecular weight is 218 g/mol. The number of rotatable bonds is 3. The summed E-state index contributed by atoms with van der Waals surface area (Å²) in [4.78, 5) is 11.3. The van der Waals surface area contributed by atoms with Crippen molar-refractivity contribution < 1.29 is 9.53 Å². The third-order valence-electron chi connectivity index (χ3n) is 1.86. The molecule has 2 nitrogen and oxygen atoms in total. The number of hydrogen-bond donors (Lipinski definition) is 0. The first kappa shape index (κ1) is 12.5. The van der Waals surface area contributed by atoms with Gasteiger partial charge in [-0.1, -0.05) is 36.4 Å². The molecule has 0 amide bonds. The van der Waals surface area contributed by atoms with Gasteiger partial charge >= 0.3 is 5.97 Å². The van der Waals surface area contributed by atoms with Gasteiger partial charge in [-0.05, 0) is 32.8 Å². The van der Waals surface area contributed by atoms with E-state index in [4.69, 9.17) is 4.74 Å². The maximum atomic E-state index is 11.3. The monoisotopic (exact) mass is 218 g/mol. The van der Waals surface area contributed by atoms with Gasteiger partial charge in [0, 0.05) is 6.08 Å². The van der Waals surface area contributed by atoms with Crippen LogP contribution in [0.2, 0.25) is 0 Å². The third-order valence-corrected chi connectivity index (χ3v) is 1.86. The van der Waals surface area contributed by atoms with E-state index in [0.29, 0.717) is 0 Å². The maximum Gasteiger partial charge on any atom is 0.330 e. The summed E-state index contributed by atoms with van der Waals surface area (Å²) in [5.41, 5.74) is 0.760. The van der Waals surface area contributed by atoms with E-state index in [0.717, 1.165) is 6.42 Å². The Morgan fingerprint density at radius 3 is 2.44 bits per heavy atom. The molecule has 0 aliphatic carbocycles. The number of ether oxygens (including phenoxy) is 1. The fraction of sp³-hybridized carbons (Fsp3) is 0.357. The molecular formula is C14H18O2. The normalized spacial score (nSPS) is 11.7. The zero-order valence-corrected chi connectivity index (χ0v) is 10.1. The number of carbonyl (C=O) groups is 1. The Bertz CT molecular complexity index is 358. The summed E-state index contributed by atoms with van der Waals surface area (Å²) in [7, 11) is 0. The molecule has 0 heterocycles. The molecule has 0 aromatic heterocycles. The van der Waals surface area contributed by atoms with Crippen LogP contribution in [-0.2, 0) is 16.0 Å². The summed E-state index contributed by atoms with van der Waals surface area (Å²) in [6.45, 7) is 5.57. The fourth-order valence-electron chi connectivity index (χ4n) is 1.24. The average Bonchev–Trinajstić information content (AvgIpc) is 2.16. The largest absolute Gasteiger partial charge is 0.457 e. The molecule has 0 atom stereocenters. The van der Waals surface area contributed by atoms with Crippen LogP contribution in [0.4, 0.5) is 0 Å². The van der Waals surface area contributed by atoms with Crippen LogP contribution < -0.4 is 0 Å². The highest BCUT2D eigenvalue weighted by molar-refractivity contribution is 5.82. The number of hydrogen-bond acceptors (Lipinski definition) is 2. The van der Waals surface area contributed by atoms with Crippen LogP contribution in [-0.4, -0.2) is 11.6 Å². The van der Waals surface area contributed by atoms with Crippen LogP contribution in [0, 0.1) is 0 Å². The first-order chi connectivity index (χ1) is 7.47. The van der Waals surface area contributed by atoms with Gasteiger partial charge in [0.2, 0.25) is 0 Å². The molecule has 1 aromatic carbocycles. The van der Waals surface area contributed by atoms with Crippen molar-refractivity contribution in [1.82, 2.24) is 0 Å². The molecule has 0 saturated heterocycles. The van der Waals surface area contributed by atoms with Gasteiger partial charge < -0.3 is 4.74 Å². The smallest absolute Gasteiger partial charge is 0.330 e. The lowest BCUT2D eigenvalue weighted by Crippen LogP contribution is -2.22. The van der Waals surface area contributed by atoms with E-state index < -0.39 is 5.60 Å². The quantitative estimate of drug-likeness (QED) is 0.575. The Kier molecular flexibility index (Phi) is 4.29. The predicted molar refractivity (Wildman–Crippen MR) is 65.1 cm³/mol. The molecular weight excluding hydrogens is 200 g/mol. The minimum absolute atomic E-state index is 0.288. The molecule has 16 heavy (non-hydrogen) atoms. The standard InChI is InChI=1S/C14H18O2/c1-14(2,3)16-13(15)11-7-10-12-8-5-4-6-9-12/h4-9,11H,10H2,1-3H3/b11-7+. The molecule has 0 spiro atoms. The number of benzene rings is 1. The van der Waals surface area contributed by atoms with Gasteiger partial charge in [-0.2, -0.15) is 0 Å². The summed E-state index contributed by atoms with van der Waals surface area (Å²) < 4.78 is 5.15. The van der Waals surface area contributed by atoms with Gasteiger partial charge in [-0.3, -0.25) is 0 Å². The molecule has 2 heteroatoms. The van der Waals surface area contributed by atoms with Gasteiger partial charge in [0.25, 0.3) is 0 Å². The lowest BCUT2D eigenvalue weighted by Gasteiger charge is -2.17. The Morgan fingerprint density at radius 2 is 1.88 bits per heavy atom. The van der Waals surface area contributed by atoms with E-state index >= 15 is 0 Å². The number of allylic oxidation sites excluding steroid dienone is 1. The van der Waals surface area contributed by atoms with E-state index in [-0.39, 0.29) is 5.97 Å². The second-order valence-electron chi connectivity index (χ2n) is 4.63. The van der Waals surface area contributed by atoms with Crippen molar-refractivity contribution in [2.75, 3.05) is 0 Å². The minimum atomic E-state index is -0.422. The zero-order valence-electron chi connectivity index (χ0n) is 10.1. The van der Waals surface area contributed by atoms with Crippen LogP contribution in [0.1, 0.15) is 26.3 Å². The molecule has 0 saturated carbocycles. The highest BCUT2D eigenvalue weighted by atomic mass is 16.6. The SMILES string of the molecule is CC(C)(C)OC(=O)/C=C/Cc1ccccc1. The lowest BCUT2D eigenvalue weighted by molar-refractivity contribution is -0.148. The maximum absolute atomic E-state index is 11.3. The van der Waals surface area contributed by atoms with Crippen LogP contribution in [0.15, 0.2) is 42.5 Å². The summed E-state index contributed by atoms with van der Waals surface area (Å²) in [5, 5.41) is 0. The fourth-order valence-corrected chi connectivity index (χ4v) is 1.24. The van der Waals surface area contributed by atoms with Crippen LogP contribution in [0.3, 0.4) is 0 Å². The molecule has 1 rings (SSSR count). The van der Waals surface area contributed by atoms with Crippen molar-refractivity contribution in [1.29, 1.82) is 0 Å². The van der Waals surface area contributed by atoms with Crippen LogP contribution in [0.25, 0.3) is 0 Å². The highest BCUT2D eigenvalue weighted by Gasteiger charge is 2.13. The van der Waals surface area contributed by atoms with Gasteiger partial charge in [-0.25, -0.2) is 4.79 Å². The lowest BCUT2D eigenvalue weighted by atomic mass is 10.1. The zero-order chi connectivity index (χ0) is 12.0. The molecule has 0 unspecified atom stereocenters. The number of carbonyl (C=O) groups excluding carboxylic acids is 1. The van der Waals surface area contributed by atoms with Gasteiger partial charge in [0.05, 0.1) is 0 Å². The molecule has 0 bridgehead atoms. The van der Waals surface area contributed by atoms with Crippen molar-refractivity contribution in [2.45, 2.75) is 32.8 Å². The van der Waals surface area contributed by atoms with Gasteiger partial charge in [0.15, 0.2) is 0 Å². The Morgan fingerprint density at radius 1 is 1.25 bits per heavy atom. The van der Waals surface area contributed by atoms with E-state index in [1.54, 1.807) is 0 Å². The molecule has 0 fully saturated rings. The Labute approximate surface area is 96.9 Å². The van der Waals surface area contributed by atoms with Crippen molar-refractivity contribution >= 4 is 5.97 Å². The van der Waals surface area contributed by atoms with E-state index in [2.05, 4.69) is 0 Å². The Hall–Kier alpha value is -1.57. The molecule has 0 aliphatic heterocycles. The molecule has 1 aromatic rings. The summed E-state index contributed by atoms with van der Waals surface area (Å²) in [6, 6.07) is 9.99. The first-order valence-electron chi connectivity index (χ1n) is 5.41. The predicted octanol–water partition coefficient (Wildman–Crippen LogP) is 3.13.